The Labute approximate surface area is 363 Å². The van der Waals surface area contributed by atoms with Crippen LogP contribution in [-0.2, 0) is 5.41 Å². The van der Waals surface area contributed by atoms with E-state index in [1.807, 2.05) is 12.2 Å². The molecule has 1 aliphatic carbocycles. The van der Waals surface area contributed by atoms with Gasteiger partial charge < -0.3 is 9.64 Å². The van der Waals surface area contributed by atoms with Crippen molar-refractivity contribution in [3.8, 4) is 50.3 Å². The largest absolute Gasteiger partial charge is 0.457 e. The van der Waals surface area contributed by atoms with Crippen molar-refractivity contribution in [1.82, 2.24) is 0 Å². The third-order valence-electron chi connectivity index (χ3n) is 12.8. The Kier molecular flexibility index (Phi) is 9.13. The Morgan fingerprint density at radius 3 is 1.84 bits per heavy atom. The van der Waals surface area contributed by atoms with Gasteiger partial charge in [0.2, 0.25) is 0 Å². The van der Waals surface area contributed by atoms with E-state index in [1.54, 1.807) is 6.08 Å². The molecule has 9 aromatic rings. The minimum Gasteiger partial charge on any atom is -0.457 e. The minimum absolute atomic E-state index is 0.497. The normalized spacial score (nSPS) is 15.0. The standard InChI is InChI=1S/C60H43NO/c1-3-4-27-58-41(2)60(57-26-12-13-28-59(57)62-58)55-25-11-10-23-53(55)54-40-47(33-38-56(54)60)46-20-14-21-50(39-46)61(48-34-29-43(30-35-48)42-16-6-5-7-17-42)49-36-31-45(32-37-49)52-24-15-19-44-18-8-9-22-51(44)52/h3-40H,1H2,2H3/b27-4-. The smallest absolute Gasteiger partial charge is 0.132 e. The Hall–Kier alpha value is -7.94. The van der Waals surface area contributed by atoms with Gasteiger partial charge >= 0.3 is 0 Å². The van der Waals surface area contributed by atoms with E-state index in [0.717, 1.165) is 50.8 Å². The van der Waals surface area contributed by atoms with Crippen LogP contribution in [0.1, 0.15) is 23.6 Å². The quantitative estimate of drug-likeness (QED) is 0.142. The average molecular weight is 794 g/mol. The highest BCUT2D eigenvalue weighted by molar-refractivity contribution is 5.97. The van der Waals surface area contributed by atoms with Crippen LogP contribution in [0.5, 0.6) is 5.75 Å². The Balaban J connectivity index is 1.03. The zero-order chi connectivity index (χ0) is 41.6. The molecule has 62 heavy (non-hydrogen) atoms. The predicted octanol–water partition coefficient (Wildman–Crippen LogP) is 16.0. The van der Waals surface area contributed by atoms with Crippen molar-refractivity contribution in [3.05, 3.63) is 265 Å². The van der Waals surface area contributed by atoms with Gasteiger partial charge in [0.15, 0.2) is 0 Å². The molecular formula is C60H43NO. The van der Waals surface area contributed by atoms with E-state index in [4.69, 9.17) is 4.74 Å². The summed E-state index contributed by atoms with van der Waals surface area (Å²) in [5, 5.41) is 2.50. The zero-order valence-corrected chi connectivity index (χ0v) is 34.5. The predicted molar refractivity (Wildman–Crippen MR) is 259 cm³/mol. The van der Waals surface area contributed by atoms with Crippen LogP contribution >= 0.6 is 0 Å². The maximum atomic E-state index is 6.58. The molecule has 9 aromatic carbocycles. The third-order valence-corrected chi connectivity index (χ3v) is 12.8. The Morgan fingerprint density at radius 2 is 1.03 bits per heavy atom. The first-order chi connectivity index (χ1) is 30.6. The number of anilines is 3. The summed E-state index contributed by atoms with van der Waals surface area (Å²) in [5.74, 6) is 1.73. The first-order valence-electron chi connectivity index (χ1n) is 21.3. The van der Waals surface area contributed by atoms with Crippen LogP contribution in [0.3, 0.4) is 0 Å². The SMILES string of the molecule is C=C/C=C\C1=C(C)C2(c3ccccc3O1)c1ccccc1-c1cc(-c3cccc(N(c4ccc(-c5ccccc5)cc4)c4ccc(-c5cccc6ccccc56)cc4)c3)ccc12. The molecule has 1 heterocycles. The lowest BCUT2D eigenvalue weighted by molar-refractivity contribution is 0.399. The lowest BCUT2D eigenvalue weighted by Crippen LogP contribution is -2.33. The molecule has 1 atom stereocenters. The van der Waals surface area contributed by atoms with Crippen molar-refractivity contribution in [2.45, 2.75) is 12.3 Å². The molecule has 1 aliphatic heterocycles. The maximum Gasteiger partial charge on any atom is 0.132 e. The fourth-order valence-corrected chi connectivity index (χ4v) is 9.89. The first-order valence-corrected chi connectivity index (χ1v) is 21.3. The number of ether oxygens (including phenoxy) is 1. The average Bonchev–Trinajstić information content (AvgIpc) is 3.63. The maximum absolute atomic E-state index is 6.58. The molecule has 0 aromatic heterocycles. The fraction of sp³-hybridized carbons (Fsp3) is 0.0333. The second-order valence-electron chi connectivity index (χ2n) is 16.1. The summed E-state index contributed by atoms with van der Waals surface area (Å²) in [6.07, 6.45) is 5.80. The molecule has 0 radical (unpaired) electrons. The minimum atomic E-state index is -0.497. The number of fused-ring (bicyclic) bond motifs is 8. The summed E-state index contributed by atoms with van der Waals surface area (Å²) < 4.78 is 6.58. The van der Waals surface area contributed by atoms with Crippen LogP contribution in [0, 0.1) is 0 Å². The van der Waals surface area contributed by atoms with Crippen LogP contribution in [0.25, 0.3) is 55.3 Å². The fourth-order valence-electron chi connectivity index (χ4n) is 9.89. The van der Waals surface area contributed by atoms with Gasteiger partial charge in [0.25, 0.3) is 0 Å². The van der Waals surface area contributed by atoms with E-state index in [1.165, 1.54) is 55.3 Å². The second kappa shape index (κ2) is 15.3. The van der Waals surface area contributed by atoms with E-state index in [9.17, 15) is 0 Å². The zero-order valence-electron chi connectivity index (χ0n) is 34.5. The van der Waals surface area contributed by atoms with Crippen molar-refractivity contribution < 1.29 is 4.74 Å². The van der Waals surface area contributed by atoms with Gasteiger partial charge in [-0.2, -0.15) is 0 Å². The number of nitrogens with zero attached hydrogens (tertiary/aromatic N) is 1. The highest BCUT2D eigenvalue weighted by Crippen LogP contribution is 2.60. The summed E-state index contributed by atoms with van der Waals surface area (Å²) in [6.45, 7) is 6.16. The van der Waals surface area contributed by atoms with E-state index < -0.39 is 5.41 Å². The van der Waals surface area contributed by atoms with Crippen molar-refractivity contribution in [2.75, 3.05) is 4.90 Å². The van der Waals surface area contributed by atoms with Crippen molar-refractivity contribution in [2.24, 2.45) is 0 Å². The van der Waals surface area contributed by atoms with Crippen LogP contribution in [-0.4, -0.2) is 0 Å². The molecule has 2 heteroatoms. The molecule has 11 rings (SSSR count). The molecule has 2 nitrogen and oxygen atoms in total. The molecule has 0 saturated carbocycles. The first kappa shape index (κ1) is 37.1. The van der Waals surface area contributed by atoms with Gasteiger partial charge in [-0.15, -0.1) is 0 Å². The summed E-state index contributed by atoms with van der Waals surface area (Å²) in [4.78, 5) is 2.37. The molecule has 0 saturated heterocycles. The van der Waals surface area contributed by atoms with Crippen molar-refractivity contribution in [1.29, 1.82) is 0 Å². The third kappa shape index (κ3) is 6.03. The van der Waals surface area contributed by atoms with Crippen molar-refractivity contribution in [3.63, 3.8) is 0 Å². The molecule has 0 amide bonds. The molecule has 0 fully saturated rings. The van der Waals surface area contributed by atoms with Gasteiger partial charge in [-0.3, -0.25) is 0 Å². The number of hydrogen-bond donors (Lipinski definition) is 0. The molecule has 1 unspecified atom stereocenters. The van der Waals surface area contributed by atoms with Gasteiger partial charge in [0, 0.05) is 22.6 Å². The van der Waals surface area contributed by atoms with Crippen LogP contribution < -0.4 is 9.64 Å². The molecule has 1 spiro atoms. The van der Waals surface area contributed by atoms with Crippen LogP contribution in [0.2, 0.25) is 0 Å². The van der Waals surface area contributed by atoms with E-state index >= 15 is 0 Å². The van der Waals surface area contributed by atoms with Gasteiger partial charge in [0.1, 0.15) is 11.5 Å². The molecule has 0 bridgehead atoms. The van der Waals surface area contributed by atoms with Gasteiger partial charge in [-0.05, 0) is 134 Å². The topological polar surface area (TPSA) is 12.5 Å². The summed E-state index contributed by atoms with van der Waals surface area (Å²) in [6, 6.07) is 77.1. The van der Waals surface area contributed by atoms with Crippen LogP contribution in [0.4, 0.5) is 17.1 Å². The number of rotatable bonds is 8. The Morgan fingerprint density at radius 1 is 0.452 bits per heavy atom. The highest BCUT2D eigenvalue weighted by atomic mass is 16.5. The lowest BCUT2D eigenvalue weighted by atomic mass is 9.66. The van der Waals surface area contributed by atoms with E-state index in [-0.39, 0.29) is 0 Å². The molecule has 2 aliphatic rings. The Bertz CT molecular complexity index is 3220. The molecule has 294 valence electrons. The van der Waals surface area contributed by atoms with Gasteiger partial charge in [0.05, 0.1) is 5.41 Å². The molecule has 0 N–H and O–H groups in total. The molecular weight excluding hydrogens is 751 g/mol. The van der Waals surface area contributed by atoms with Crippen LogP contribution in [0.15, 0.2) is 248 Å². The highest BCUT2D eigenvalue weighted by Gasteiger charge is 2.50. The summed E-state index contributed by atoms with van der Waals surface area (Å²) in [7, 11) is 0. The summed E-state index contributed by atoms with van der Waals surface area (Å²) in [5.41, 5.74) is 17.2. The number of para-hydroxylation sites is 1. The van der Waals surface area contributed by atoms with Gasteiger partial charge in [-0.1, -0.05) is 183 Å². The lowest BCUT2D eigenvalue weighted by Gasteiger charge is -2.39. The second-order valence-corrected chi connectivity index (χ2v) is 16.1. The van der Waals surface area contributed by atoms with Crippen molar-refractivity contribution >= 4 is 27.8 Å². The van der Waals surface area contributed by atoms with E-state index in [0.29, 0.717) is 0 Å². The van der Waals surface area contributed by atoms with Gasteiger partial charge in [-0.25, -0.2) is 0 Å². The monoisotopic (exact) mass is 793 g/mol. The number of benzene rings is 9. The number of allylic oxidation sites excluding steroid dienone is 4. The van der Waals surface area contributed by atoms with E-state index in [2.05, 4.69) is 231 Å². The number of hydrogen-bond acceptors (Lipinski definition) is 2. The summed E-state index contributed by atoms with van der Waals surface area (Å²) >= 11 is 0.